The molecule has 1 fully saturated rings. The fourth-order valence-electron chi connectivity index (χ4n) is 2.89. The van der Waals surface area contributed by atoms with E-state index in [0.717, 1.165) is 36.2 Å². The summed E-state index contributed by atoms with van der Waals surface area (Å²) >= 11 is 0. The molecule has 0 bridgehead atoms. The molecule has 106 valence electrons. The van der Waals surface area contributed by atoms with Crippen LogP contribution in [0.3, 0.4) is 0 Å². The van der Waals surface area contributed by atoms with Crippen LogP contribution in [0.4, 0.5) is 5.69 Å². The summed E-state index contributed by atoms with van der Waals surface area (Å²) in [6, 6.07) is 6.21. The standard InChI is InChI=1S/C15H22N2O.BrH/c1-11-7-5-8-12(2)14(11)17(4)15(18)13-9-6-10-16(13)3;/h5,7-8,13H,6,9-10H2,1-4H3;1H/t13-;/m0./s1. The van der Waals surface area contributed by atoms with E-state index in [9.17, 15) is 4.79 Å². The van der Waals surface area contributed by atoms with Crippen molar-refractivity contribution in [1.29, 1.82) is 0 Å². The highest BCUT2D eigenvalue weighted by Gasteiger charge is 2.31. The van der Waals surface area contributed by atoms with Gasteiger partial charge in [0.1, 0.15) is 0 Å². The van der Waals surface area contributed by atoms with Crippen LogP contribution < -0.4 is 4.90 Å². The predicted molar refractivity (Wildman–Crippen MR) is 85.3 cm³/mol. The number of benzene rings is 1. The van der Waals surface area contributed by atoms with Gasteiger partial charge in [0.15, 0.2) is 0 Å². The molecule has 1 aliphatic rings. The molecule has 1 heterocycles. The van der Waals surface area contributed by atoms with Gasteiger partial charge in [-0.15, -0.1) is 17.0 Å². The molecule has 0 radical (unpaired) electrons. The first-order chi connectivity index (χ1) is 8.52. The molecule has 0 aromatic heterocycles. The number of anilines is 1. The van der Waals surface area contributed by atoms with Crippen LogP contribution in [0.15, 0.2) is 18.2 Å². The number of nitrogens with zero attached hydrogens (tertiary/aromatic N) is 2. The number of carbonyl (C=O) groups excluding carboxylic acids is 1. The number of likely N-dealkylation sites (N-methyl/N-ethyl adjacent to an activating group) is 2. The van der Waals surface area contributed by atoms with Crippen LogP contribution in [-0.2, 0) is 4.79 Å². The lowest BCUT2D eigenvalue weighted by atomic mass is 10.1. The molecule has 0 saturated carbocycles. The third kappa shape index (κ3) is 3.18. The lowest BCUT2D eigenvalue weighted by Crippen LogP contribution is -2.43. The van der Waals surface area contributed by atoms with E-state index in [0.29, 0.717) is 0 Å². The molecule has 0 N–H and O–H groups in total. The van der Waals surface area contributed by atoms with E-state index in [-0.39, 0.29) is 28.9 Å². The summed E-state index contributed by atoms with van der Waals surface area (Å²) < 4.78 is 0. The van der Waals surface area contributed by atoms with Crippen LogP contribution in [0, 0.1) is 13.8 Å². The van der Waals surface area contributed by atoms with Gasteiger partial charge in [-0.3, -0.25) is 9.69 Å². The van der Waals surface area contributed by atoms with Crippen LogP contribution in [0.25, 0.3) is 0 Å². The number of hydrogen-bond acceptors (Lipinski definition) is 2. The lowest BCUT2D eigenvalue weighted by molar-refractivity contribution is -0.122. The van der Waals surface area contributed by atoms with Crippen LogP contribution >= 0.6 is 17.0 Å². The zero-order valence-electron chi connectivity index (χ0n) is 12.1. The minimum atomic E-state index is 0. The molecule has 2 rings (SSSR count). The summed E-state index contributed by atoms with van der Waals surface area (Å²) in [5, 5.41) is 0. The average molecular weight is 327 g/mol. The van der Waals surface area contributed by atoms with Gasteiger partial charge in [-0.2, -0.15) is 0 Å². The summed E-state index contributed by atoms with van der Waals surface area (Å²) in [7, 11) is 3.93. The van der Waals surface area contributed by atoms with Crippen molar-refractivity contribution in [1.82, 2.24) is 4.90 Å². The number of carbonyl (C=O) groups is 1. The Hall–Kier alpha value is -0.870. The van der Waals surface area contributed by atoms with Crippen LogP contribution in [0.1, 0.15) is 24.0 Å². The van der Waals surface area contributed by atoms with Crippen LogP contribution in [0.5, 0.6) is 0 Å². The molecule has 1 aromatic rings. The first-order valence-electron chi connectivity index (χ1n) is 6.56. The molecule has 4 heteroatoms. The molecule has 1 aliphatic heterocycles. The minimum Gasteiger partial charge on any atom is -0.314 e. The van der Waals surface area contributed by atoms with Crippen LogP contribution in [-0.4, -0.2) is 37.5 Å². The van der Waals surface area contributed by atoms with E-state index in [1.165, 1.54) is 0 Å². The van der Waals surface area contributed by atoms with Gasteiger partial charge in [-0.1, -0.05) is 18.2 Å². The van der Waals surface area contributed by atoms with Gasteiger partial charge in [0.25, 0.3) is 0 Å². The average Bonchev–Trinajstić information content (AvgIpc) is 2.74. The van der Waals surface area contributed by atoms with Gasteiger partial charge in [0, 0.05) is 12.7 Å². The summed E-state index contributed by atoms with van der Waals surface area (Å²) in [4.78, 5) is 16.5. The molecule has 3 nitrogen and oxygen atoms in total. The zero-order valence-corrected chi connectivity index (χ0v) is 13.9. The SMILES string of the molecule is Br.Cc1cccc(C)c1N(C)C(=O)[C@@H]1CCCN1C. The zero-order chi connectivity index (χ0) is 13.3. The van der Waals surface area contributed by atoms with Crippen molar-refractivity contribution in [3.8, 4) is 0 Å². The van der Waals surface area contributed by atoms with Crippen molar-refractivity contribution in [2.75, 3.05) is 25.5 Å². The second-order valence-electron chi connectivity index (χ2n) is 5.28. The van der Waals surface area contributed by atoms with E-state index in [4.69, 9.17) is 0 Å². The summed E-state index contributed by atoms with van der Waals surface area (Å²) in [5.41, 5.74) is 3.38. The fourth-order valence-corrected chi connectivity index (χ4v) is 2.89. The number of rotatable bonds is 2. The van der Waals surface area contributed by atoms with E-state index in [2.05, 4.69) is 30.9 Å². The number of aryl methyl sites for hydroxylation is 2. The summed E-state index contributed by atoms with van der Waals surface area (Å²) in [6.07, 6.45) is 2.10. The van der Waals surface area contributed by atoms with Crippen molar-refractivity contribution in [3.63, 3.8) is 0 Å². The molecular weight excluding hydrogens is 304 g/mol. The van der Waals surface area contributed by atoms with Crippen molar-refractivity contribution in [3.05, 3.63) is 29.3 Å². The molecule has 1 saturated heterocycles. The maximum absolute atomic E-state index is 12.5. The third-order valence-corrected chi connectivity index (χ3v) is 3.91. The second-order valence-corrected chi connectivity index (χ2v) is 5.28. The maximum Gasteiger partial charge on any atom is 0.244 e. The van der Waals surface area contributed by atoms with Gasteiger partial charge >= 0.3 is 0 Å². The number of likely N-dealkylation sites (tertiary alicyclic amines) is 1. The lowest BCUT2D eigenvalue weighted by Gasteiger charge is -2.27. The Morgan fingerprint density at radius 3 is 2.37 bits per heavy atom. The van der Waals surface area contributed by atoms with Gasteiger partial charge in [0.2, 0.25) is 5.91 Å². The van der Waals surface area contributed by atoms with Crippen molar-refractivity contribution in [2.24, 2.45) is 0 Å². The quantitative estimate of drug-likeness (QED) is 0.834. The molecule has 1 atom stereocenters. The number of amides is 1. The van der Waals surface area contributed by atoms with Gasteiger partial charge in [-0.05, 0) is 51.4 Å². The fraction of sp³-hybridized carbons (Fsp3) is 0.533. The Labute approximate surface area is 126 Å². The monoisotopic (exact) mass is 326 g/mol. The molecule has 1 aromatic carbocycles. The topological polar surface area (TPSA) is 23.6 Å². The van der Waals surface area contributed by atoms with E-state index < -0.39 is 0 Å². The van der Waals surface area contributed by atoms with Crippen LogP contribution in [0.2, 0.25) is 0 Å². The number of halogens is 1. The summed E-state index contributed by atoms with van der Waals surface area (Å²) in [5.74, 6) is 0.215. The molecule has 0 aliphatic carbocycles. The van der Waals surface area contributed by atoms with E-state index >= 15 is 0 Å². The van der Waals surface area contributed by atoms with E-state index in [1.807, 2.05) is 25.1 Å². The highest BCUT2D eigenvalue weighted by atomic mass is 79.9. The normalized spacial score (nSPS) is 19.1. The summed E-state index contributed by atoms with van der Waals surface area (Å²) in [6.45, 7) is 5.14. The van der Waals surface area contributed by atoms with Gasteiger partial charge in [0.05, 0.1) is 6.04 Å². The Morgan fingerprint density at radius 1 is 1.32 bits per heavy atom. The highest BCUT2D eigenvalue weighted by Crippen LogP contribution is 2.26. The smallest absolute Gasteiger partial charge is 0.244 e. The predicted octanol–water partition coefficient (Wildman–Crippen LogP) is 2.94. The molecule has 19 heavy (non-hydrogen) atoms. The number of hydrogen-bond donors (Lipinski definition) is 0. The molecule has 1 amide bonds. The Kier molecular flexibility index (Phi) is 5.56. The Morgan fingerprint density at radius 2 is 1.89 bits per heavy atom. The van der Waals surface area contributed by atoms with Crippen molar-refractivity contribution >= 4 is 28.6 Å². The Balaban J connectivity index is 0.00000180. The minimum absolute atomic E-state index is 0. The highest BCUT2D eigenvalue weighted by molar-refractivity contribution is 8.93. The van der Waals surface area contributed by atoms with Gasteiger partial charge < -0.3 is 4.90 Å². The molecular formula is C15H23BrN2O. The van der Waals surface area contributed by atoms with Crippen molar-refractivity contribution in [2.45, 2.75) is 32.7 Å². The molecule has 0 unspecified atom stereocenters. The largest absolute Gasteiger partial charge is 0.314 e. The third-order valence-electron chi connectivity index (χ3n) is 3.91. The number of para-hydroxylation sites is 1. The van der Waals surface area contributed by atoms with E-state index in [1.54, 1.807) is 0 Å². The second kappa shape index (κ2) is 6.53. The Bertz CT molecular complexity index is 441. The first-order valence-corrected chi connectivity index (χ1v) is 6.56. The van der Waals surface area contributed by atoms with Gasteiger partial charge in [-0.25, -0.2) is 0 Å². The molecule has 0 spiro atoms. The van der Waals surface area contributed by atoms with Crippen molar-refractivity contribution < 1.29 is 4.79 Å². The first kappa shape index (κ1) is 16.2. The maximum atomic E-state index is 12.5.